The van der Waals surface area contributed by atoms with Crippen molar-refractivity contribution in [2.24, 2.45) is 0 Å². The topological polar surface area (TPSA) is 53.9 Å². The summed E-state index contributed by atoms with van der Waals surface area (Å²) in [5, 5.41) is 11.0. The van der Waals surface area contributed by atoms with E-state index in [1.807, 2.05) is 0 Å². The molecule has 0 amide bonds. The Morgan fingerprint density at radius 1 is 1.41 bits per heavy atom. The zero-order chi connectivity index (χ0) is 12.3. The van der Waals surface area contributed by atoms with Crippen molar-refractivity contribution >= 4 is 29.0 Å². The molecule has 1 N–H and O–H groups in total. The Morgan fingerprint density at radius 2 is 2.24 bits per heavy atom. The molecule has 1 aromatic rings. The highest BCUT2D eigenvalue weighted by molar-refractivity contribution is 6.32. The van der Waals surface area contributed by atoms with Gasteiger partial charge in [-0.15, -0.1) is 10.2 Å². The largest absolute Gasteiger partial charge is 0.363 e. The maximum atomic E-state index is 5.91. The molecule has 2 heterocycles. The number of hydrogen-bond donors (Lipinski definition) is 1. The van der Waals surface area contributed by atoms with Crippen LogP contribution in [0.1, 0.15) is 19.8 Å². The van der Waals surface area contributed by atoms with Crippen molar-refractivity contribution in [3.8, 4) is 0 Å². The van der Waals surface area contributed by atoms with Crippen LogP contribution in [0.25, 0.3) is 0 Å². The first-order chi connectivity index (χ1) is 8.19. The van der Waals surface area contributed by atoms with Gasteiger partial charge in [-0.05, 0) is 37.5 Å². The molecule has 0 aromatic carbocycles. The van der Waals surface area contributed by atoms with Crippen molar-refractivity contribution in [3.63, 3.8) is 0 Å². The third-order valence-electron chi connectivity index (χ3n) is 2.91. The molecule has 0 saturated carbocycles. The van der Waals surface area contributed by atoms with Gasteiger partial charge < -0.3 is 10.2 Å². The van der Waals surface area contributed by atoms with E-state index >= 15 is 0 Å². The van der Waals surface area contributed by atoms with Gasteiger partial charge in [-0.3, -0.25) is 0 Å². The van der Waals surface area contributed by atoms with Gasteiger partial charge in [-0.1, -0.05) is 18.5 Å². The van der Waals surface area contributed by atoms with E-state index in [2.05, 4.69) is 32.3 Å². The fourth-order valence-corrected chi connectivity index (χ4v) is 2.30. The van der Waals surface area contributed by atoms with E-state index in [9.17, 15) is 0 Å². The zero-order valence-corrected chi connectivity index (χ0v) is 11.2. The molecule has 1 aliphatic heterocycles. The van der Waals surface area contributed by atoms with Crippen molar-refractivity contribution < 1.29 is 0 Å². The highest BCUT2D eigenvalue weighted by atomic mass is 35.5. The molecule has 1 aromatic heterocycles. The monoisotopic (exact) mass is 275 g/mol. The van der Waals surface area contributed by atoms with Crippen LogP contribution in [0.4, 0.5) is 5.82 Å². The molecule has 1 atom stereocenters. The molecule has 1 unspecified atom stereocenters. The van der Waals surface area contributed by atoms with E-state index < -0.39 is 0 Å². The molecule has 7 heteroatoms. The third-order valence-corrected chi connectivity index (χ3v) is 3.33. The molecule has 1 aliphatic rings. The van der Waals surface area contributed by atoms with Gasteiger partial charge in [0.2, 0.25) is 5.28 Å². The summed E-state index contributed by atoms with van der Waals surface area (Å²) >= 11 is 11.6. The van der Waals surface area contributed by atoms with Crippen LogP contribution >= 0.6 is 23.2 Å². The summed E-state index contributed by atoms with van der Waals surface area (Å²) in [7, 11) is 0. The average Bonchev–Trinajstić information content (AvgIpc) is 2.34. The fourth-order valence-electron chi connectivity index (χ4n) is 2.04. The molecule has 0 spiro atoms. The summed E-state index contributed by atoms with van der Waals surface area (Å²) in [5.74, 6) is 0.523. The number of nitrogens with one attached hydrogen (secondary N) is 1. The zero-order valence-electron chi connectivity index (χ0n) is 9.66. The number of likely N-dealkylation sites (N-methyl/N-ethyl adjacent to an activating group) is 1. The lowest BCUT2D eigenvalue weighted by Gasteiger charge is -2.32. The molecular formula is C10H15Cl2N5. The van der Waals surface area contributed by atoms with Gasteiger partial charge in [0.05, 0.1) is 0 Å². The first-order valence-corrected chi connectivity index (χ1v) is 6.49. The highest BCUT2D eigenvalue weighted by Crippen LogP contribution is 2.20. The van der Waals surface area contributed by atoms with Crippen LogP contribution in [0.5, 0.6) is 0 Å². The minimum Gasteiger partial charge on any atom is -0.363 e. The normalized spacial score (nSPS) is 21.5. The van der Waals surface area contributed by atoms with Crippen molar-refractivity contribution in [1.29, 1.82) is 0 Å². The standard InChI is InChI=1S/C10H15Cl2N5/c1-2-17-5-3-4-7(6-17)13-9-8(11)15-16-10(12)14-9/h7H,2-6H2,1H3,(H,13,14,16). The second-order valence-electron chi connectivity index (χ2n) is 4.10. The quantitative estimate of drug-likeness (QED) is 0.916. The minimum atomic E-state index is 0.111. The Bertz CT molecular complexity index is 387. The molecule has 0 bridgehead atoms. The summed E-state index contributed by atoms with van der Waals surface area (Å²) in [6.45, 7) is 5.38. The second-order valence-corrected chi connectivity index (χ2v) is 4.79. The Balaban J connectivity index is 2.02. The molecule has 94 valence electrons. The van der Waals surface area contributed by atoms with Crippen molar-refractivity contribution in [1.82, 2.24) is 20.1 Å². The minimum absolute atomic E-state index is 0.111. The Morgan fingerprint density at radius 3 is 3.00 bits per heavy atom. The number of piperidine rings is 1. The number of aromatic nitrogens is 3. The Labute approximate surface area is 111 Å². The van der Waals surface area contributed by atoms with Crippen molar-refractivity contribution in [2.45, 2.75) is 25.8 Å². The lowest BCUT2D eigenvalue weighted by atomic mass is 10.1. The Kier molecular flexibility index (Phi) is 4.36. The summed E-state index contributed by atoms with van der Waals surface area (Å²) in [6.07, 6.45) is 2.28. The van der Waals surface area contributed by atoms with Crippen molar-refractivity contribution in [2.75, 3.05) is 25.0 Å². The average molecular weight is 276 g/mol. The molecular weight excluding hydrogens is 261 g/mol. The fraction of sp³-hybridized carbons (Fsp3) is 0.700. The lowest BCUT2D eigenvalue weighted by Crippen LogP contribution is -2.42. The molecule has 5 nitrogen and oxygen atoms in total. The maximum absolute atomic E-state index is 5.91. The van der Waals surface area contributed by atoms with E-state index in [1.54, 1.807) is 0 Å². The van der Waals surface area contributed by atoms with Crippen LogP contribution < -0.4 is 5.32 Å². The van der Waals surface area contributed by atoms with E-state index in [4.69, 9.17) is 23.2 Å². The number of rotatable bonds is 3. The first-order valence-electron chi connectivity index (χ1n) is 5.73. The molecule has 1 saturated heterocycles. The molecule has 0 radical (unpaired) electrons. The van der Waals surface area contributed by atoms with Crippen LogP contribution in [0.2, 0.25) is 10.4 Å². The van der Waals surface area contributed by atoms with Crippen LogP contribution in [0, 0.1) is 0 Å². The van der Waals surface area contributed by atoms with Crippen LogP contribution in [-0.4, -0.2) is 45.8 Å². The number of likely N-dealkylation sites (tertiary alicyclic amines) is 1. The number of nitrogens with zero attached hydrogens (tertiary/aromatic N) is 4. The second kappa shape index (κ2) is 5.80. The van der Waals surface area contributed by atoms with Gasteiger partial charge in [0, 0.05) is 12.6 Å². The van der Waals surface area contributed by atoms with Crippen LogP contribution in [0.15, 0.2) is 0 Å². The molecule has 1 fully saturated rings. The predicted molar refractivity (Wildman–Crippen MR) is 68.6 cm³/mol. The van der Waals surface area contributed by atoms with E-state index in [1.165, 1.54) is 6.42 Å². The number of hydrogen-bond acceptors (Lipinski definition) is 5. The van der Waals surface area contributed by atoms with Gasteiger partial charge in [0.1, 0.15) is 0 Å². The summed E-state index contributed by atoms with van der Waals surface area (Å²) < 4.78 is 0. The van der Waals surface area contributed by atoms with E-state index in [0.29, 0.717) is 11.9 Å². The summed E-state index contributed by atoms with van der Waals surface area (Å²) in [5.41, 5.74) is 0. The Hall–Kier alpha value is -0.650. The molecule has 2 rings (SSSR count). The summed E-state index contributed by atoms with van der Waals surface area (Å²) in [6, 6.07) is 0.342. The van der Waals surface area contributed by atoms with Gasteiger partial charge in [-0.2, -0.15) is 4.98 Å². The SMILES string of the molecule is CCN1CCCC(Nc2nc(Cl)nnc2Cl)C1. The smallest absolute Gasteiger partial charge is 0.245 e. The molecule has 0 aliphatic carbocycles. The van der Waals surface area contributed by atoms with Crippen LogP contribution in [0.3, 0.4) is 0 Å². The number of anilines is 1. The van der Waals surface area contributed by atoms with Gasteiger partial charge >= 0.3 is 0 Å². The van der Waals surface area contributed by atoms with Crippen molar-refractivity contribution in [3.05, 3.63) is 10.4 Å². The molecule has 17 heavy (non-hydrogen) atoms. The predicted octanol–water partition coefficient (Wildman–Crippen LogP) is 2.07. The van der Waals surface area contributed by atoms with E-state index in [0.717, 1.165) is 26.1 Å². The van der Waals surface area contributed by atoms with Gasteiger partial charge in [0.15, 0.2) is 11.0 Å². The lowest BCUT2D eigenvalue weighted by molar-refractivity contribution is 0.226. The summed E-state index contributed by atoms with van der Waals surface area (Å²) in [4.78, 5) is 6.44. The van der Waals surface area contributed by atoms with Gasteiger partial charge in [-0.25, -0.2) is 0 Å². The third kappa shape index (κ3) is 3.40. The highest BCUT2D eigenvalue weighted by Gasteiger charge is 2.20. The van der Waals surface area contributed by atoms with E-state index in [-0.39, 0.29) is 10.4 Å². The number of halogens is 2. The first kappa shape index (κ1) is 12.8. The van der Waals surface area contributed by atoms with Gasteiger partial charge in [0.25, 0.3) is 0 Å². The van der Waals surface area contributed by atoms with Crippen LogP contribution in [-0.2, 0) is 0 Å². The maximum Gasteiger partial charge on any atom is 0.245 e.